The lowest BCUT2D eigenvalue weighted by molar-refractivity contribution is -0.289. The van der Waals surface area contributed by atoms with Gasteiger partial charge in [0.25, 0.3) is 0 Å². The summed E-state index contributed by atoms with van der Waals surface area (Å²) in [5.41, 5.74) is 0. The molecule has 2 rings (SSSR count). The Kier molecular flexibility index (Phi) is 6.46. The van der Waals surface area contributed by atoms with Gasteiger partial charge in [-0.1, -0.05) is 0 Å². The van der Waals surface area contributed by atoms with Crippen LogP contribution < -0.4 is 0 Å². The Morgan fingerprint density at radius 2 is 1.73 bits per heavy atom. The molecule has 1 unspecified atom stereocenters. The predicted molar refractivity (Wildman–Crippen MR) is 78.3 cm³/mol. The minimum absolute atomic E-state index is 0.211. The second kappa shape index (κ2) is 7.73. The van der Waals surface area contributed by atoms with Crippen molar-refractivity contribution in [1.82, 2.24) is 0 Å². The van der Waals surface area contributed by atoms with E-state index in [4.69, 9.17) is 9.47 Å². The summed E-state index contributed by atoms with van der Waals surface area (Å²) < 4.78 is 10.4. The van der Waals surface area contributed by atoms with Crippen molar-refractivity contribution in [2.45, 2.75) is 54.6 Å². The van der Waals surface area contributed by atoms with Crippen LogP contribution in [0.15, 0.2) is 0 Å². The summed E-state index contributed by atoms with van der Waals surface area (Å²) >= 11 is 0. The standard InChI is InChI=1S/C13H25O8S/c1-20-13-12(19)11(18)10(17)7(21-13)2-3-22-5-6(15)9(16)8(22)4-14/h6-19H,2-5H2,1H3/q+1/t6-,7-,8-,9+,10-,11+,12-,13-,22?/m1/s1. The molecular formula is C13H25O8S+. The van der Waals surface area contributed by atoms with E-state index in [-0.39, 0.29) is 11.9 Å². The van der Waals surface area contributed by atoms with Gasteiger partial charge in [-0.3, -0.25) is 0 Å². The molecule has 2 aliphatic rings. The van der Waals surface area contributed by atoms with Crippen molar-refractivity contribution in [1.29, 1.82) is 0 Å². The lowest BCUT2D eigenvalue weighted by atomic mass is 9.97. The third-order valence-electron chi connectivity index (χ3n) is 4.33. The minimum atomic E-state index is -1.36. The second-order valence-corrected chi connectivity index (χ2v) is 8.15. The van der Waals surface area contributed by atoms with Crippen molar-refractivity contribution in [2.24, 2.45) is 0 Å². The first-order chi connectivity index (χ1) is 10.4. The molecule has 9 heteroatoms. The quantitative estimate of drug-likeness (QED) is 0.284. The Bertz CT molecular complexity index is 357. The number of hydrogen-bond acceptors (Lipinski definition) is 8. The molecular weight excluding hydrogens is 316 g/mol. The average Bonchev–Trinajstić information content (AvgIpc) is 2.78. The van der Waals surface area contributed by atoms with Gasteiger partial charge in [-0.2, -0.15) is 0 Å². The van der Waals surface area contributed by atoms with Crippen LogP contribution in [0.5, 0.6) is 0 Å². The molecule has 0 spiro atoms. The lowest BCUT2D eigenvalue weighted by Gasteiger charge is -2.39. The third-order valence-corrected chi connectivity index (χ3v) is 7.15. The molecule has 8 nitrogen and oxygen atoms in total. The van der Waals surface area contributed by atoms with E-state index in [2.05, 4.69) is 0 Å². The van der Waals surface area contributed by atoms with E-state index < -0.39 is 53.8 Å². The Balaban J connectivity index is 1.93. The fourth-order valence-corrected chi connectivity index (χ4v) is 5.63. The maximum Gasteiger partial charge on any atom is 0.186 e. The van der Waals surface area contributed by atoms with Gasteiger partial charge in [0.15, 0.2) is 11.5 Å². The van der Waals surface area contributed by atoms with E-state index in [0.717, 1.165) is 0 Å². The zero-order valence-electron chi connectivity index (χ0n) is 12.4. The molecule has 0 aromatic rings. The fraction of sp³-hybridized carbons (Fsp3) is 1.00. The van der Waals surface area contributed by atoms with Crippen LogP contribution in [-0.2, 0) is 20.4 Å². The van der Waals surface area contributed by atoms with Gasteiger partial charge in [-0.25, -0.2) is 0 Å². The molecule has 0 aliphatic carbocycles. The first-order valence-corrected chi connectivity index (χ1v) is 8.89. The smallest absolute Gasteiger partial charge is 0.186 e. The largest absolute Gasteiger partial charge is 0.391 e. The van der Waals surface area contributed by atoms with Gasteiger partial charge in [0, 0.05) is 13.5 Å². The van der Waals surface area contributed by atoms with Gasteiger partial charge >= 0.3 is 0 Å². The van der Waals surface area contributed by atoms with Gasteiger partial charge in [0.2, 0.25) is 0 Å². The fourth-order valence-electron chi connectivity index (χ4n) is 2.95. The summed E-state index contributed by atoms with van der Waals surface area (Å²) in [6, 6.07) is 0. The van der Waals surface area contributed by atoms with E-state index in [0.29, 0.717) is 17.9 Å². The molecule has 2 heterocycles. The Hall–Kier alpha value is 0.0300. The molecule has 0 amide bonds. The van der Waals surface area contributed by atoms with Gasteiger partial charge in [-0.05, 0) is 10.9 Å². The highest BCUT2D eigenvalue weighted by molar-refractivity contribution is 7.97. The van der Waals surface area contributed by atoms with Crippen LogP contribution in [0.3, 0.4) is 0 Å². The van der Waals surface area contributed by atoms with Gasteiger partial charge < -0.3 is 40.1 Å². The van der Waals surface area contributed by atoms with Crippen LogP contribution in [0.1, 0.15) is 6.42 Å². The van der Waals surface area contributed by atoms with Crippen LogP contribution in [0.4, 0.5) is 0 Å². The first kappa shape index (κ1) is 18.4. The van der Waals surface area contributed by atoms with E-state index >= 15 is 0 Å². The van der Waals surface area contributed by atoms with Crippen molar-refractivity contribution in [3.05, 3.63) is 0 Å². The number of hydrogen-bond donors (Lipinski definition) is 6. The summed E-state index contributed by atoms with van der Waals surface area (Å²) in [6.07, 6.45) is -7.08. The number of methoxy groups -OCH3 is 1. The zero-order chi connectivity index (χ0) is 16.4. The van der Waals surface area contributed by atoms with Gasteiger partial charge in [0.1, 0.15) is 42.0 Å². The number of rotatable bonds is 5. The predicted octanol–water partition coefficient (Wildman–Crippen LogP) is -3.45. The summed E-state index contributed by atoms with van der Waals surface area (Å²) in [5, 5.41) is 57.9. The Labute approximate surface area is 131 Å². The molecule has 0 bridgehead atoms. The number of aliphatic hydroxyl groups excluding tert-OH is 6. The molecule has 9 atom stereocenters. The SMILES string of the molecule is CO[C@@H]1O[C@H](CC[S+]2C[C@@H](O)[C@H](O)[C@H]2CO)[C@@H](O)[C@H](O)[C@H]1O. The van der Waals surface area contributed by atoms with E-state index in [1.54, 1.807) is 0 Å². The molecule has 0 saturated carbocycles. The van der Waals surface area contributed by atoms with Crippen molar-refractivity contribution in [2.75, 3.05) is 25.2 Å². The highest BCUT2D eigenvalue weighted by Crippen LogP contribution is 2.28. The normalized spacial score (nSPS) is 49.5. The summed E-state index contributed by atoms with van der Waals surface area (Å²) in [6.45, 7) is -0.211. The molecule has 130 valence electrons. The summed E-state index contributed by atoms with van der Waals surface area (Å²) in [7, 11) is 0.935. The highest BCUT2D eigenvalue weighted by atomic mass is 32.2. The molecule has 2 aliphatic heterocycles. The summed E-state index contributed by atoms with van der Waals surface area (Å²) in [4.78, 5) is 0. The summed E-state index contributed by atoms with van der Waals surface area (Å²) in [5.74, 6) is 0.925. The monoisotopic (exact) mass is 341 g/mol. The zero-order valence-corrected chi connectivity index (χ0v) is 13.2. The molecule has 2 fully saturated rings. The first-order valence-electron chi connectivity index (χ1n) is 7.26. The maximum absolute atomic E-state index is 9.99. The molecule has 6 N–H and O–H groups in total. The van der Waals surface area contributed by atoms with Crippen LogP contribution >= 0.6 is 0 Å². The van der Waals surface area contributed by atoms with Crippen LogP contribution in [0, 0.1) is 0 Å². The maximum atomic E-state index is 9.99. The van der Waals surface area contributed by atoms with Crippen LogP contribution in [-0.4, -0.2) is 104 Å². The third kappa shape index (κ3) is 3.58. The molecule has 22 heavy (non-hydrogen) atoms. The van der Waals surface area contributed by atoms with E-state index in [1.807, 2.05) is 0 Å². The lowest BCUT2D eigenvalue weighted by Crippen LogP contribution is -2.58. The molecule has 0 radical (unpaired) electrons. The van der Waals surface area contributed by atoms with Crippen LogP contribution in [0.25, 0.3) is 0 Å². The van der Waals surface area contributed by atoms with Crippen molar-refractivity contribution < 1.29 is 40.1 Å². The molecule has 0 aromatic carbocycles. The Morgan fingerprint density at radius 3 is 2.32 bits per heavy atom. The topological polar surface area (TPSA) is 140 Å². The molecule has 2 saturated heterocycles. The molecule has 0 aromatic heterocycles. The average molecular weight is 341 g/mol. The van der Waals surface area contributed by atoms with Crippen molar-refractivity contribution in [3.63, 3.8) is 0 Å². The minimum Gasteiger partial charge on any atom is -0.391 e. The number of aliphatic hydroxyl groups is 6. The van der Waals surface area contributed by atoms with E-state index in [1.165, 1.54) is 7.11 Å². The second-order valence-electron chi connectivity index (χ2n) is 5.73. The Morgan fingerprint density at radius 1 is 1.05 bits per heavy atom. The van der Waals surface area contributed by atoms with Gasteiger partial charge in [-0.15, -0.1) is 0 Å². The highest BCUT2D eigenvalue weighted by Gasteiger charge is 2.50. The van der Waals surface area contributed by atoms with Crippen molar-refractivity contribution >= 4 is 10.9 Å². The van der Waals surface area contributed by atoms with Gasteiger partial charge in [0.05, 0.1) is 12.7 Å². The van der Waals surface area contributed by atoms with Crippen LogP contribution in [0.2, 0.25) is 0 Å². The van der Waals surface area contributed by atoms with Crippen molar-refractivity contribution in [3.8, 4) is 0 Å². The number of ether oxygens (including phenoxy) is 2. The van der Waals surface area contributed by atoms with E-state index in [9.17, 15) is 30.6 Å².